The summed E-state index contributed by atoms with van der Waals surface area (Å²) in [5.41, 5.74) is 8.17. The lowest BCUT2D eigenvalue weighted by Gasteiger charge is -2.20. The van der Waals surface area contributed by atoms with E-state index in [1.807, 2.05) is 12.1 Å². The van der Waals surface area contributed by atoms with E-state index >= 15 is 0 Å². The van der Waals surface area contributed by atoms with Gasteiger partial charge < -0.3 is 5.73 Å². The Kier molecular flexibility index (Phi) is 5.12. The first-order chi connectivity index (χ1) is 8.74. The number of benzene rings is 1. The van der Waals surface area contributed by atoms with E-state index in [-0.39, 0.29) is 0 Å². The van der Waals surface area contributed by atoms with E-state index in [4.69, 9.17) is 5.73 Å². The van der Waals surface area contributed by atoms with Crippen molar-refractivity contribution in [3.05, 3.63) is 29.8 Å². The summed E-state index contributed by atoms with van der Waals surface area (Å²) in [6.07, 6.45) is 6.92. The molecule has 0 atom stereocenters. The maximum absolute atomic E-state index is 5.99. The minimum absolute atomic E-state index is 0.700. The molecule has 98 valence electrons. The van der Waals surface area contributed by atoms with E-state index in [0.717, 1.165) is 17.4 Å². The summed E-state index contributed by atoms with van der Waals surface area (Å²) in [7, 11) is 0. The molecular weight excluding hydrogens is 240 g/mol. The zero-order chi connectivity index (χ0) is 12.8. The van der Waals surface area contributed by atoms with Crippen LogP contribution in [0.25, 0.3) is 0 Å². The minimum Gasteiger partial charge on any atom is -0.378 e. The number of rotatable bonds is 3. The van der Waals surface area contributed by atoms with E-state index in [0.29, 0.717) is 5.17 Å². The van der Waals surface area contributed by atoms with E-state index in [2.05, 4.69) is 24.0 Å². The second kappa shape index (κ2) is 6.83. The number of aryl methyl sites for hydroxylation is 1. The Morgan fingerprint density at radius 3 is 2.83 bits per heavy atom. The fraction of sp³-hybridized carbons (Fsp3) is 0.533. The van der Waals surface area contributed by atoms with Gasteiger partial charge in [0.1, 0.15) is 0 Å². The van der Waals surface area contributed by atoms with Crippen LogP contribution in [-0.4, -0.2) is 10.9 Å². The molecule has 1 aromatic carbocycles. The predicted molar refractivity (Wildman–Crippen MR) is 81.5 cm³/mol. The standard InChI is InChI=1S/C15H22N2S/c1-12-6-5-9-14(10-12)17-15(16)18-11-13-7-3-2-4-8-13/h5-6,9-10,13H,2-4,7-8,11H2,1H3,(H2,16,17). The molecule has 2 N–H and O–H groups in total. The number of amidine groups is 1. The molecule has 0 aliphatic heterocycles. The van der Waals surface area contributed by atoms with Gasteiger partial charge in [-0.05, 0) is 43.4 Å². The summed E-state index contributed by atoms with van der Waals surface area (Å²) in [4.78, 5) is 4.46. The Labute approximate surface area is 114 Å². The van der Waals surface area contributed by atoms with Crippen molar-refractivity contribution in [3.8, 4) is 0 Å². The van der Waals surface area contributed by atoms with Crippen LogP contribution in [-0.2, 0) is 0 Å². The van der Waals surface area contributed by atoms with Gasteiger partial charge in [0, 0.05) is 5.75 Å². The fourth-order valence-corrected chi connectivity index (χ4v) is 3.32. The third-order valence-corrected chi connectivity index (χ3v) is 4.46. The number of thioether (sulfide) groups is 1. The molecule has 1 aliphatic carbocycles. The fourth-order valence-electron chi connectivity index (χ4n) is 2.41. The summed E-state index contributed by atoms with van der Waals surface area (Å²) >= 11 is 1.71. The smallest absolute Gasteiger partial charge is 0.159 e. The Balaban J connectivity index is 1.85. The highest BCUT2D eigenvalue weighted by Crippen LogP contribution is 2.27. The van der Waals surface area contributed by atoms with Gasteiger partial charge in [-0.15, -0.1) is 0 Å². The van der Waals surface area contributed by atoms with Crippen LogP contribution in [0.2, 0.25) is 0 Å². The Bertz CT molecular complexity index is 409. The topological polar surface area (TPSA) is 38.4 Å². The van der Waals surface area contributed by atoms with E-state index in [1.165, 1.54) is 37.7 Å². The quantitative estimate of drug-likeness (QED) is 0.653. The van der Waals surface area contributed by atoms with Gasteiger partial charge in [-0.1, -0.05) is 43.2 Å². The van der Waals surface area contributed by atoms with Crippen LogP contribution in [0.4, 0.5) is 5.69 Å². The molecule has 2 rings (SSSR count). The monoisotopic (exact) mass is 262 g/mol. The highest BCUT2D eigenvalue weighted by atomic mass is 32.2. The second-order valence-corrected chi connectivity index (χ2v) is 6.14. The predicted octanol–water partition coefficient (Wildman–Crippen LogP) is 4.25. The van der Waals surface area contributed by atoms with Gasteiger partial charge in [0.2, 0.25) is 0 Å². The molecule has 0 radical (unpaired) electrons. The molecular formula is C15H22N2S. The molecule has 2 nitrogen and oxygen atoms in total. The molecule has 0 spiro atoms. The first kappa shape index (κ1) is 13.5. The summed E-state index contributed by atoms with van der Waals surface area (Å²) in [6, 6.07) is 8.16. The van der Waals surface area contributed by atoms with E-state index in [9.17, 15) is 0 Å². The van der Waals surface area contributed by atoms with Gasteiger partial charge in [-0.2, -0.15) is 0 Å². The zero-order valence-electron chi connectivity index (χ0n) is 11.1. The molecule has 0 bridgehead atoms. The van der Waals surface area contributed by atoms with Gasteiger partial charge in [0.25, 0.3) is 0 Å². The summed E-state index contributed by atoms with van der Waals surface area (Å²) in [5, 5.41) is 0.700. The van der Waals surface area contributed by atoms with Crippen molar-refractivity contribution >= 4 is 22.6 Å². The zero-order valence-corrected chi connectivity index (χ0v) is 11.9. The molecule has 1 saturated carbocycles. The van der Waals surface area contributed by atoms with Crippen LogP contribution in [0.15, 0.2) is 29.3 Å². The Morgan fingerprint density at radius 1 is 1.33 bits per heavy atom. The van der Waals surface area contributed by atoms with E-state index < -0.39 is 0 Å². The van der Waals surface area contributed by atoms with E-state index in [1.54, 1.807) is 11.8 Å². The summed E-state index contributed by atoms with van der Waals surface area (Å²) < 4.78 is 0. The normalized spacial score (nSPS) is 17.9. The van der Waals surface area contributed by atoms with Crippen LogP contribution in [0.5, 0.6) is 0 Å². The average Bonchev–Trinajstić information content (AvgIpc) is 2.38. The van der Waals surface area contributed by atoms with Crippen LogP contribution in [0, 0.1) is 12.8 Å². The molecule has 3 heteroatoms. The average molecular weight is 262 g/mol. The Morgan fingerprint density at radius 2 is 2.11 bits per heavy atom. The van der Waals surface area contributed by atoms with Gasteiger partial charge in [-0.25, -0.2) is 4.99 Å². The number of nitrogens with two attached hydrogens (primary N) is 1. The third kappa shape index (κ3) is 4.37. The molecule has 1 aromatic rings. The molecule has 1 aliphatic rings. The SMILES string of the molecule is Cc1cccc(N=C(N)SCC2CCCCC2)c1. The van der Waals surface area contributed by atoms with Crippen molar-refractivity contribution in [1.29, 1.82) is 0 Å². The minimum atomic E-state index is 0.700. The van der Waals surface area contributed by atoms with Crippen LogP contribution in [0.3, 0.4) is 0 Å². The molecule has 0 unspecified atom stereocenters. The molecule has 0 amide bonds. The number of hydrogen-bond acceptors (Lipinski definition) is 2. The van der Waals surface area contributed by atoms with Gasteiger partial charge in [0.15, 0.2) is 5.17 Å². The molecule has 18 heavy (non-hydrogen) atoms. The van der Waals surface area contributed by atoms with Crippen LogP contribution >= 0.6 is 11.8 Å². The maximum atomic E-state index is 5.99. The lowest BCUT2D eigenvalue weighted by atomic mass is 9.91. The van der Waals surface area contributed by atoms with Crippen molar-refractivity contribution in [1.82, 2.24) is 0 Å². The van der Waals surface area contributed by atoms with Gasteiger partial charge in [-0.3, -0.25) is 0 Å². The lowest BCUT2D eigenvalue weighted by Crippen LogP contribution is -2.13. The van der Waals surface area contributed by atoms with Crippen LogP contribution in [0.1, 0.15) is 37.7 Å². The molecule has 0 heterocycles. The second-order valence-electron chi connectivity index (χ2n) is 5.10. The third-order valence-electron chi connectivity index (χ3n) is 3.43. The van der Waals surface area contributed by atoms with Crippen LogP contribution < -0.4 is 5.73 Å². The number of nitrogens with zero attached hydrogens (tertiary/aromatic N) is 1. The number of hydrogen-bond donors (Lipinski definition) is 1. The molecule has 1 fully saturated rings. The van der Waals surface area contributed by atoms with Crippen molar-refractivity contribution < 1.29 is 0 Å². The van der Waals surface area contributed by atoms with Crippen molar-refractivity contribution in [3.63, 3.8) is 0 Å². The summed E-state index contributed by atoms with van der Waals surface area (Å²) in [5.74, 6) is 1.97. The van der Waals surface area contributed by atoms with Gasteiger partial charge in [0.05, 0.1) is 5.69 Å². The highest BCUT2D eigenvalue weighted by molar-refractivity contribution is 8.13. The highest BCUT2D eigenvalue weighted by Gasteiger charge is 2.13. The lowest BCUT2D eigenvalue weighted by molar-refractivity contribution is 0.391. The van der Waals surface area contributed by atoms with Crippen molar-refractivity contribution in [2.24, 2.45) is 16.6 Å². The molecule has 0 saturated heterocycles. The first-order valence-electron chi connectivity index (χ1n) is 6.77. The first-order valence-corrected chi connectivity index (χ1v) is 7.76. The largest absolute Gasteiger partial charge is 0.378 e. The molecule has 0 aromatic heterocycles. The Hall–Kier alpha value is -0.960. The van der Waals surface area contributed by atoms with Crippen molar-refractivity contribution in [2.75, 3.05) is 5.75 Å². The van der Waals surface area contributed by atoms with Gasteiger partial charge >= 0.3 is 0 Å². The van der Waals surface area contributed by atoms with Crippen molar-refractivity contribution in [2.45, 2.75) is 39.0 Å². The number of aliphatic imine (C=N–C) groups is 1. The maximum Gasteiger partial charge on any atom is 0.159 e. The summed E-state index contributed by atoms with van der Waals surface area (Å²) in [6.45, 7) is 2.07.